The van der Waals surface area contributed by atoms with Gasteiger partial charge >= 0.3 is 0 Å². The second-order valence-electron chi connectivity index (χ2n) is 5.99. The fraction of sp³-hybridized carbons (Fsp3) is 0.800. The summed E-state index contributed by atoms with van der Waals surface area (Å²) in [5.41, 5.74) is 0. The van der Waals surface area contributed by atoms with Crippen LogP contribution >= 0.6 is 23.5 Å². The highest BCUT2D eigenvalue weighted by molar-refractivity contribution is 8.14. The Morgan fingerprint density at radius 1 is 1.33 bits per heavy atom. The van der Waals surface area contributed by atoms with E-state index in [9.17, 15) is 9.59 Å². The molecule has 1 N–H and O–H groups in total. The molecule has 21 heavy (non-hydrogen) atoms. The average Bonchev–Trinajstić information content (AvgIpc) is 2.61. The molecule has 0 radical (unpaired) electrons. The van der Waals surface area contributed by atoms with Gasteiger partial charge in [0.05, 0.1) is 10.3 Å². The largest absolute Gasteiger partial charge is 0.298 e. The van der Waals surface area contributed by atoms with Crippen LogP contribution in [0.25, 0.3) is 0 Å². The number of rotatable bonds is 8. The minimum atomic E-state index is -0.205. The zero-order valence-corrected chi connectivity index (χ0v) is 15.0. The molecule has 1 atom stereocenters. The molecule has 0 bridgehead atoms. The van der Waals surface area contributed by atoms with Crippen molar-refractivity contribution in [1.29, 1.82) is 5.41 Å². The van der Waals surface area contributed by atoms with E-state index in [2.05, 4.69) is 13.8 Å². The van der Waals surface area contributed by atoms with E-state index in [1.165, 1.54) is 4.90 Å². The Balaban J connectivity index is 2.29. The second-order valence-corrected chi connectivity index (χ2v) is 8.98. The maximum Gasteiger partial charge on any atom is 0.242 e. The van der Waals surface area contributed by atoms with E-state index in [-0.39, 0.29) is 17.1 Å². The van der Waals surface area contributed by atoms with Gasteiger partial charge in [0.2, 0.25) is 11.8 Å². The molecule has 1 aliphatic heterocycles. The SMILES string of the molecule is CC(C)CN1C(=O)CC(SCCCC(=N)SC(C)C)C1=O. The molecule has 120 valence electrons. The molecule has 1 saturated heterocycles. The van der Waals surface area contributed by atoms with Crippen LogP contribution in [-0.4, -0.2) is 44.6 Å². The Labute approximate surface area is 136 Å². The van der Waals surface area contributed by atoms with E-state index < -0.39 is 0 Å². The first kappa shape index (κ1) is 18.6. The maximum absolute atomic E-state index is 12.2. The Hall–Kier alpha value is -0.490. The highest BCUT2D eigenvalue weighted by atomic mass is 32.2. The third kappa shape index (κ3) is 6.43. The number of carbonyl (C=O) groups is 2. The Bertz CT molecular complexity index is 397. The molecule has 0 aromatic carbocycles. The molecule has 2 amide bonds. The summed E-state index contributed by atoms with van der Waals surface area (Å²) in [5, 5.41) is 8.76. The van der Waals surface area contributed by atoms with Gasteiger partial charge in [-0.3, -0.25) is 19.9 Å². The van der Waals surface area contributed by atoms with Gasteiger partial charge in [0.15, 0.2) is 0 Å². The minimum Gasteiger partial charge on any atom is -0.298 e. The molecule has 4 nitrogen and oxygen atoms in total. The molecular weight excluding hydrogens is 304 g/mol. The molecular formula is C15H26N2O2S2. The zero-order chi connectivity index (χ0) is 16.0. The van der Waals surface area contributed by atoms with E-state index in [4.69, 9.17) is 5.41 Å². The van der Waals surface area contributed by atoms with Crippen molar-refractivity contribution < 1.29 is 9.59 Å². The summed E-state index contributed by atoms with van der Waals surface area (Å²) in [6, 6.07) is 0. The maximum atomic E-state index is 12.2. The highest BCUT2D eigenvalue weighted by Crippen LogP contribution is 2.27. The van der Waals surface area contributed by atoms with Crippen molar-refractivity contribution in [2.24, 2.45) is 5.92 Å². The van der Waals surface area contributed by atoms with Gasteiger partial charge in [-0.05, 0) is 24.5 Å². The molecule has 6 heteroatoms. The molecule has 1 heterocycles. The third-order valence-electron chi connectivity index (χ3n) is 3.00. The monoisotopic (exact) mass is 330 g/mol. The number of thioether (sulfide) groups is 2. The molecule has 1 rings (SSSR count). The summed E-state index contributed by atoms with van der Waals surface area (Å²) < 4.78 is 0. The van der Waals surface area contributed by atoms with Crippen LogP contribution in [0.1, 0.15) is 47.0 Å². The van der Waals surface area contributed by atoms with Crippen molar-refractivity contribution in [3.05, 3.63) is 0 Å². The first-order valence-electron chi connectivity index (χ1n) is 7.51. The van der Waals surface area contributed by atoms with E-state index in [1.807, 2.05) is 13.8 Å². The average molecular weight is 331 g/mol. The van der Waals surface area contributed by atoms with Crippen LogP contribution in [0.5, 0.6) is 0 Å². The van der Waals surface area contributed by atoms with Gasteiger partial charge in [0.1, 0.15) is 0 Å². The van der Waals surface area contributed by atoms with Crippen molar-refractivity contribution in [1.82, 2.24) is 4.90 Å². The molecule has 0 spiro atoms. The van der Waals surface area contributed by atoms with Crippen molar-refractivity contribution in [2.75, 3.05) is 12.3 Å². The lowest BCUT2D eigenvalue weighted by Crippen LogP contribution is -2.34. The van der Waals surface area contributed by atoms with Gasteiger partial charge in [-0.25, -0.2) is 0 Å². The Kier molecular flexibility index (Phi) is 7.81. The number of likely N-dealkylation sites (tertiary alicyclic amines) is 1. The lowest BCUT2D eigenvalue weighted by Gasteiger charge is -2.16. The van der Waals surface area contributed by atoms with Gasteiger partial charge < -0.3 is 0 Å². The van der Waals surface area contributed by atoms with Gasteiger partial charge in [-0.1, -0.05) is 27.7 Å². The number of nitrogens with one attached hydrogen (secondary N) is 1. The number of hydrogen-bond donors (Lipinski definition) is 1. The van der Waals surface area contributed by atoms with Crippen LogP contribution in [0.4, 0.5) is 0 Å². The second kappa shape index (κ2) is 8.83. The van der Waals surface area contributed by atoms with E-state index in [0.29, 0.717) is 29.2 Å². The smallest absolute Gasteiger partial charge is 0.242 e. The van der Waals surface area contributed by atoms with E-state index in [0.717, 1.165) is 18.6 Å². The highest BCUT2D eigenvalue weighted by Gasteiger charge is 2.38. The van der Waals surface area contributed by atoms with Crippen molar-refractivity contribution >= 4 is 40.4 Å². The fourth-order valence-electron chi connectivity index (χ4n) is 2.14. The normalized spacial score (nSPS) is 19.1. The van der Waals surface area contributed by atoms with E-state index in [1.54, 1.807) is 23.5 Å². The molecule has 0 aromatic heterocycles. The quantitative estimate of drug-likeness (QED) is 0.321. The van der Waals surface area contributed by atoms with Crippen molar-refractivity contribution in [2.45, 2.75) is 57.5 Å². The summed E-state index contributed by atoms with van der Waals surface area (Å²) in [7, 11) is 0. The zero-order valence-electron chi connectivity index (χ0n) is 13.3. The van der Waals surface area contributed by atoms with Crippen molar-refractivity contribution in [3.8, 4) is 0 Å². The fourth-order valence-corrected chi connectivity index (χ4v) is 4.10. The summed E-state index contributed by atoms with van der Waals surface area (Å²) in [6.45, 7) is 8.72. The number of carbonyl (C=O) groups excluding carboxylic acids is 2. The van der Waals surface area contributed by atoms with E-state index >= 15 is 0 Å². The number of nitrogens with zero attached hydrogens (tertiary/aromatic N) is 1. The van der Waals surface area contributed by atoms with Gasteiger partial charge in [-0.15, -0.1) is 23.5 Å². The number of hydrogen-bond acceptors (Lipinski definition) is 5. The van der Waals surface area contributed by atoms with Crippen LogP contribution in [0, 0.1) is 11.3 Å². The molecule has 1 aliphatic rings. The molecule has 1 fully saturated rings. The van der Waals surface area contributed by atoms with Gasteiger partial charge in [0.25, 0.3) is 0 Å². The predicted octanol–water partition coefficient (Wildman–Crippen LogP) is 3.40. The lowest BCUT2D eigenvalue weighted by molar-refractivity contribution is -0.138. The summed E-state index contributed by atoms with van der Waals surface area (Å²) in [4.78, 5) is 25.4. The standard InChI is InChI=1S/C15H26N2O2S2/c1-10(2)9-17-14(18)8-12(15(17)19)20-7-5-6-13(16)21-11(3)4/h10-12,16H,5-9H2,1-4H3. The topological polar surface area (TPSA) is 61.2 Å². The summed E-state index contributed by atoms with van der Waals surface area (Å²) in [6.07, 6.45) is 2.00. The van der Waals surface area contributed by atoms with Crippen LogP contribution in [-0.2, 0) is 9.59 Å². The molecule has 0 aliphatic carbocycles. The van der Waals surface area contributed by atoms with Crippen molar-refractivity contribution in [3.63, 3.8) is 0 Å². The molecule has 0 aromatic rings. The van der Waals surface area contributed by atoms with Crippen LogP contribution in [0.3, 0.4) is 0 Å². The first-order valence-corrected chi connectivity index (χ1v) is 9.44. The van der Waals surface area contributed by atoms with Crippen LogP contribution < -0.4 is 0 Å². The van der Waals surface area contributed by atoms with Crippen LogP contribution in [0.2, 0.25) is 0 Å². The number of amides is 2. The third-order valence-corrected chi connectivity index (χ3v) is 5.25. The van der Waals surface area contributed by atoms with Crippen LogP contribution in [0.15, 0.2) is 0 Å². The summed E-state index contributed by atoms with van der Waals surface area (Å²) >= 11 is 3.16. The Morgan fingerprint density at radius 3 is 2.57 bits per heavy atom. The van der Waals surface area contributed by atoms with Gasteiger partial charge in [0, 0.05) is 18.2 Å². The lowest BCUT2D eigenvalue weighted by atomic mass is 10.2. The van der Waals surface area contributed by atoms with Gasteiger partial charge in [-0.2, -0.15) is 0 Å². The minimum absolute atomic E-state index is 0.0228. The first-order chi connectivity index (χ1) is 9.81. The molecule has 0 saturated carbocycles. The number of imide groups is 1. The molecule has 1 unspecified atom stereocenters. The predicted molar refractivity (Wildman–Crippen MR) is 92.1 cm³/mol. The summed E-state index contributed by atoms with van der Waals surface area (Å²) in [5.74, 6) is 1.09. The Morgan fingerprint density at radius 2 is 2.00 bits per heavy atom.